The number of nitrogens with one attached hydrogen (secondary N) is 3. The van der Waals surface area contributed by atoms with Gasteiger partial charge in [0.1, 0.15) is 4.88 Å². The molecule has 1 aliphatic heterocycles. The Hall–Kier alpha value is -3.03. The van der Waals surface area contributed by atoms with Crippen LogP contribution in [-0.2, 0) is 0 Å². The summed E-state index contributed by atoms with van der Waals surface area (Å²) in [7, 11) is 0. The predicted octanol–water partition coefficient (Wildman–Crippen LogP) is 3.80. The van der Waals surface area contributed by atoms with E-state index in [1.807, 2.05) is 12.1 Å². The molecule has 0 radical (unpaired) electrons. The van der Waals surface area contributed by atoms with E-state index in [-0.39, 0.29) is 5.91 Å². The molecule has 1 aliphatic rings. The summed E-state index contributed by atoms with van der Waals surface area (Å²) in [6.07, 6.45) is 8.75. The number of carbonyl (C=O) groups is 2. The molecule has 3 amide bonds. The summed E-state index contributed by atoms with van der Waals surface area (Å²) in [5.41, 5.74) is 7.06. The molecule has 6 nitrogen and oxygen atoms in total. The highest BCUT2D eigenvalue weighted by molar-refractivity contribution is 7.18. The monoisotopic (exact) mass is 386 g/mol. The number of benzene rings is 1. The standard InChI is InChI=1S/C18H15ClN4O2S/c19-12-6-4-11(5-7-12)15-9-14(23-18(20)25)16(26-15)17(24)22-13-3-1-2-8-21-10-13/h1-10,21H,(H,22,24)(H3,20,23,25). The quantitative estimate of drug-likeness (QED) is 0.643. The van der Waals surface area contributed by atoms with Gasteiger partial charge in [-0.05, 0) is 35.9 Å². The minimum absolute atomic E-state index is 0.347. The van der Waals surface area contributed by atoms with Gasteiger partial charge >= 0.3 is 6.03 Å². The predicted molar refractivity (Wildman–Crippen MR) is 105 cm³/mol. The molecule has 1 aromatic heterocycles. The van der Waals surface area contributed by atoms with Crippen LogP contribution in [0.1, 0.15) is 9.67 Å². The first-order chi connectivity index (χ1) is 12.5. The third-order valence-corrected chi connectivity index (χ3v) is 4.84. The van der Waals surface area contributed by atoms with Crippen molar-refractivity contribution in [3.63, 3.8) is 0 Å². The van der Waals surface area contributed by atoms with Crippen LogP contribution < -0.4 is 21.7 Å². The number of halogens is 1. The molecule has 3 rings (SSSR count). The number of rotatable bonds is 4. The Bertz CT molecular complexity index is 929. The van der Waals surface area contributed by atoms with E-state index in [0.717, 1.165) is 10.4 Å². The zero-order chi connectivity index (χ0) is 18.5. The molecule has 1 aromatic carbocycles. The second-order valence-corrected chi connectivity index (χ2v) is 6.78. The fourth-order valence-electron chi connectivity index (χ4n) is 2.26. The molecule has 5 N–H and O–H groups in total. The van der Waals surface area contributed by atoms with Gasteiger partial charge in [0, 0.05) is 22.3 Å². The number of urea groups is 1. The Kier molecular flexibility index (Phi) is 5.40. The summed E-state index contributed by atoms with van der Waals surface area (Å²) in [4.78, 5) is 25.1. The number of carbonyl (C=O) groups excluding carboxylic acids is 2. The van der Waals surface area contributed by atoms with Gasteiger partial charge in [-0.3, -0.25) is 4.79 Å². The van der Waals surface area contributed by atoms with Crippen LogP contribution in [0.5, 0.6) is 0 Å². The minimum atomic E-state index is -0.737. The van der Waals surface area contributed by atoms with Gasteiger partial charge in [-0.25, -0.2) is 4.79 Å². The Labute approximate surface area is 159 Å². The lowest BCUT2D eigenvalue weighted by Gasteiger charge is -2.06. The third kappa shape index (κ3) is 4.33. The van der Waals surface area contributed by atoms with Crippen LogP contribution in [0.4, 0.5) is 10.5 Å². The molecule has 0 bridgehead atoms. The van der Waals surface area contributed by atoms with Crippen molar-refractivity contribution in [1.29, 1.82) is 0 Å². The minimum Gasteiger partial charge on any atom is -0.366 e. The SMILES string of the molecule is NC(=O)Nc1cc(-c2ccc(Cl)cc2)sc1C(=O)NC1=CNC=CC=C1. The van der Waals surface area contributed by atoms with Crippen molar-refractivity contribution < 1.29 is 9.59 Å². The number of nitrogens with two attached hydrogens (primary N) is 1. The van der Waals surface area contributed by atoms with Crippen LogP contribution in [0.15, 0.2) is 66.7 Å². The van der Waals surface area contributed by atoms with Crippen LogP contribution in [0.2, 0.25) is 5.02 Å². The Morgan fingerprint density at radius 1 is 1.12 bits per heavy atom. The van der Waals surface area contributed by atoms with E-state index in [2.05, 4.69) is 16.0 Å². The van der Waals surface area contributed by atoms with E-state index in [0.29, 0.717) is 21.3 Å². The van der Waals surface area contributed by atoms with Gasteiger partial charge in [-0.2, -0.15) is 0 Å². The third-order valence-electron chi connectivity index (χ3n) is 3.40. The highest BCUT2D eigenvalue weighted by Gasteiger charge is 2.19. The molecule has 8 heteroatoms. The lowest BCUT2D eigenvalue weighted by molar-refractivity contribution is 0.0972. The van der Waals surface area contributed by atoms with E-state index in [1.54, 1.807) is 48.8 Å². The Balaban J connectivity index is 1.91. The van der Waals surface area contributed by atoms with Crippen LogP contribution in [0.3, 0.4) is 0 Å². The zero-order valence-corrected chi connectivity index (χ0v) is 15.0. The molecule has 2 heterocycles. The fraction of sp³-hybridized carbons (Fsp3) is 0. The van der Waals surface area contributed by atoms with Crippen molar-refractivity contribution in [2.24, 2.45) is 5.73 Å². The molecule has 0 saturated carbocycles. The second kappa shape index (κ2) is 7.90. The van der Waals surface area contributed by atoms with Gasteiger partial charge in [0.05, 0.1) is 11.4 Å². The van der Waals surface area contributed by atoms with Crippen molar-refractivity contribution >= 4 is 40.6 Å². The molecule has 132 valence electrons. The molecule has 0 spiro atoms. The van der Waals surface area contributed by atoms with Crippen LogP contribution in [0.25, 0.3) is 10.4 Å². The number of primary amides is 1. The molecule has 0 aliphatic carbocycles. The molecular weight excluding hydrogens is 372 g/mol. The van der Waals surface area contributed by atoms with Crippen molar-refractivity contribution in [2.45, 2.75) is 0 Å². The number of hydrogen-bond acceptors (Lipinski definition) is 4. The molecular formula is C18H15ClN4O2S. The molecule has 0 unspecified atom stereocenters. The van der Waals surface area contributed by atoms with Gasteiger partial charge < -0.3 is 21.7 Å². The van der Waals surface area contributed by atoms with Gasteiger partial charge in [-0.15, -0.1) is 11.3 Å². The van der Waals surface area contributed by atoms with Crippen molar-refractivity contribution in [3.8, 4) is 10.4 Å². The highest BCUT2D eigenvalue weighted by Crippen LogP contribution is 2.35. The van der Waals surface area contributed by atoms with Gasteiger partial charge in [-0.1, -0.05) is 29.8 Å². The second-order valence-electron chi connectivity index (χ2n) is 5.29. The summed E-state index contributed by atoms with van der Waals surface area (Å²) < 4.78 is 0. The number of amides is 3. The smallest absolute Gasteiger partial charge is 0.316 e. The normalized spacial score (nSPS) is 12.7. The average molecular weight is 387 g/mol. The summed E-state index contributed by atoms with van der Waals surface area (Å²) in [6.45, 7) is 0. The maximum atomic E-state index is 12.7. The number of allylic oxidation sites excluding steroid dienone is 3. The van der Waals surface area contributed by atoms with Gasteiger partial charge in [0.2, 0.25) is 0 Å². The lowest BCUT2D eigenvalue weighted by Crippen LogP contribution is -2.25. The van der Waals surface area contributed by atoms with Crippen molar-refractivity contribution in [2.75, 3.05) is 5.32 Å². The van der Waals surface area contributed by atoms with Crippen LogP contribution in [0, 0.1) is 0 Å². The maximum Gasteiger partial charge on any atom is 0.316 e. The van der Waals surface area contributed by atoms with Gasteiger partial charge in [0.15, 0.2) is 0 Å². The van der Waals surface area contributed by atoms with E-state index in [1.165, 1.54) is 11.3 Å². The molecule has 26 heavy (non-hydrogen) atoms. The summed E-state index contributed by atoms with van der Waals surface area (Å²) in [6, 6.07) is 8.19. The lowest BCUT2D eigenvalue weighted by atomic mass is 10.2. The van der Waals surface area contributed by atoms with E-state index >= 15 is 0 Å². The summed E-state index contributed by atoms with van der Waals surface area (Å²) in [5, 5.41) is 8.83. The van der Waals surface area contributed by atoms with Crippen molar-refractivity contribution in [1.82, 2.24) is 10.6 Å². The number of thiophene rings is 1. The zero-order valence-electron chi connectivity index (χ0n) is 13.5. The number of anilines is 1. The first kappa shape index (κ1) is 17.8. The topological polar surface area (TPSA) is 96.2 Å². The Morgan fingerprint density at radius 2 is 1.88 bits per heavy atom. The maximum absolute atomic E-state index is 12.7. The van der Waals surface area contributed by atoms with Crippen LogP contribution in [-0.4, -0.2) is 11.9 Å². The Morgan fingerprint density at radius 3 is 2.62 bits per heavy atom. The van der Waals surface area contributed by atoms with Crippen LogP contribution >= 0.6 is 22.9 Å². The molecule has 2 aromatic rings. The fourth-order valence-corrected chi connectivity index (χ4v) is 3.40. The van der Waals surface area contributed by atoms with Gasteiger partial charge in [0.25, 0.3) is 5.91 Å². The first-order valence-electron chi connectivity index (χ1n) is 7.60. The highest BCUT2D eigenvalue weighted by atomic mass is 35.5. The molecule has 0 saturated heterocycles. The van der Waals surface area contributed by atoms with E-state index in [9.17, 15) is 9.59 Å². The first-order valence-corrected chi connectivity index (χ1v) is 8.79. The number of hydrogen-bond donors (Lipinski definition) is 4. The molecule has 0 fully saturated rings. The van der Waals surface area contributed by atoms with E-state index in [4.69, 9.17) is 17.3 Å². The average Bonchev–Trinajstić information content (AvgIpc) is 2.84. The van der Waals surface area contributed by atoms with Crippen molar-refractivity contribution in [3.05, 3.63) is 76.6 Å². The summed E-state index contributed by atoms with van der Waals surface area (Å²) in [5.74, 6) is -0.349. The van der Waals surface area contributed by atoms with E-state index < -0.39 is 6.03 Å². The molecule has 0 atom stereocenters. The largest absolute Gasteiger partial charge is 0.366 e. The summed E-state index contributed by atoms with van der Waals surface area (Å²) >= 11 is 7.17.